The molecule has 46 valence electrons. The second-order valence-electron chi connectivity index (χ2n) is 2.10. The Morgan fingerprint density at radius 1 is 1.50 bits per heavy atom. The second kappa shape index (κ2) is 4.80. The fourth-order valence-electron chi connectivity index (χ4n) is 0.799. The van der Waals surface area contributed by atoms with Gasteiger partial charge in [0.1, 0.15) is 6.58 Å². The highest BCUT2D eigenvalue weighted by Gasteiger charge is 2.09. The average Bonchev–Trinajstić information content (AvgIpc) is 1.83. The summed E-state index contributed by atoms with van der Waals surface area (Å²) in [6.07, 6.45) is 6.70. The van der Waals surface area contributed by atoms with E-state index < -0.39 is 0 Å². The molecule has 8 heavy (non-hydrogen) atoms. The van der Waals surface area contributed by atoms with E-state index in [1.165, 1.54) is 19.3 Å². The molecule has 0 N–H and O–H groups in total. The number of rotatable bonds is 4. The quantitative estimate of drug-likeness (QED) is 0.489. The molecular weight excluding hydrogens is 96.1 g/mol. The predicted octanol–water partition coefficient (Wildman–Crippen LogP) is 2.80. The van der Waals surface area contributed by atoms with Gasteiger partial charge in [0, 0.05) is 6.42 Å². The second-order valence-corrected chi connectivity index (χ2v) is 2.10. The van der Waals surface area contributed by atoms with E-state index in [2.05, 4.69) is 26.5 Å². The average molecular weight is 111 g/mol. The zero-order chi connectivity index (χ0) is 6.41. The van der Waals surface area contributed by atoms with Crippen molar-refractivity contribution in [1.29, 1.82) is 0 Å². The maximum absolute atomic E-state index is 3.63. The van der Waals surface area contributed by atoms with E-state index in [1.54, 1.807) is 0 Å². The van der Waals surface area contributed by atoms with Crippen LogP contribution in [0.4, 0.5) is 0 Å². The zero-order valence-corrected chi connectivity index (χ0v) is 5.91. The minimum Gasteiger partial charge on any atom is -0.0652 e. The van der Waals surface area contributed by atoms with Gasteiger partial charge in [0.25, 0.3) is 0 Å². The fourth-order valence-corrected chi connectivity index (χ4v) is 0.799. The Bertz CT molecular complexity index is 55.1. The van der Waals surface area contributed by atoms with E-state index in [0.29, 0.717) is 5.92 Å². The number of hydrogen-bond donors (Lipinski definition) is 0. The highest BCUT2D eigenvalue weighted by atomic mass is 14.0. The van der Waals surface area contributed by atoms with Crippen LogP contribution in [0.1, 0.15) is 33.1 Å². The molecule has 0 aromatic carbocycles. The first-order chi connectivity index (χ1) is 3.85. The Hall–Kier alpha value is -0.350. The van der Waals surface area contributed by atoms with E-state index in [9.17, 15) is 0 Å². The third-order valence-corrected chi connectivity index (χ3v) is 1.42. The summed E-state index contributed by atoms with van der Waals surface area (Å²) in [5, 5.41) is 0. The predicted molar refractivity (Wildman–Crippen MR) is 37.6 cm³/mol. The number of allylic oxidation sites excluding steroid dienone is 1. The fraction of sp³-hybridized carbons (Fsp3) is 0.750. The Morgan fingerprint density at radius 2 is 2.12 bits per heavy atom. The van der Waals surface area contributed by atoms with Gasteiger partial charge in [0.2, 0.25) is 6.08 Å². The largest absolute Gasteiger partial charge is 0.217 e. The molecule has 0 heteroatoms. The lowest BCUT2D eigenvalue weighted by molar-refractivity contribution is 0.550. The van der Waals surface area contributed by atoms with Gasteiger partial charge in [0.05, 0.1) is 0 Å². The molecule has 0 radical (unpaired) electrons. The molecule has 0 spiro atoms. The Kier molecular flexibility index (Phi) is 4.59. The smallest absolute Gasteiger partial charge is 0.0652 e. The van der Waals surface area contributed by atoms with E-state index in [4.69, 9.17) is 0 Å². The maximum Gasteiger partial charge on any atom is 0.217 e. The van der Waals surface area contributed by atoms with Crippen LogP contribution >= 0.6 is 0 Å². The molecule has 0 fully saturated rings. The standard InChI is InChI=1S/C8H15/c1-4-7-8(5-2)6-3/h8H,2,4,6-7H2,1,3H3/q+1. The molecule has 1 atom stereocenters. The van der Waals surface area contributed by atoms with Crippen molar-refractivity contribution in [2.45, 2.75) is 33.1 Å². The molecule has 0 aliphatic carbocycles. The molecule has 0 nitrogen and oxygen atoms in total. The van der Waals surface area contributed by atoms with Crippen LogP contribution in [0.15, 0.2) is 6.58 Å². The zero-order valence-electron chi connectivity index (χ0n) is 5.91. The molecule has 0 aromatic rings. The van der Waals surface area contributed by atoms with Crippen LogP contribution < -0.4 is 0 Å². The van der Waals surface area contributed by atoms with Gasteiger partial charge in [-0.3, -0.25) is 0 Å². The summed E-state index contributed by atoms with van der Waals surface area (Å²) >= 11 is 0. The van der Waals surface area contributed by atoms with Gasteiger partial charge in [-0.05, 0) is 6.42 Å². The molecular formula is C8H15+. The lowest BCUT2D eigenvalue weighted by atomic mass is 10.0. The minimum atomic E-state index is 0.639. The van der Waals surface area contributed by atoms with Gasteiger partial charge in [-0.1, -0.05) is 20.3 Å². The van der Waals surface area contributed by atoms with Gasteiger partial charge in [-0.15, -0.1) is 0 Å². The van der Waals surface area contributed by atoms with Crippen LogP contribution in [0, 0.1) is 12.0 Å². The van der Waals surface area contributed by atoms with E-state index in [0.717, 1.165) is 0 Å². The third kappa shape index (κ3) is 2.76. The summed E-state index contributed by atoms with van der Waals surface area (Å²) in [6.45, 7) is 8.00. The first-order valence-electron chi connectivity index (χ1n) is 3.37. The van der Waals surface area contributed by atoms with Crippen molar-refractivity contribution < 1.29 is 0 Å². The molecule has 0 bridgehead atoms. The van der Waals surface area contributed by atoms with Crippen LogP contribution in [0.25, 0.3) is 0 Å². The summed E-state index contributed by atoms with van der Waals surface area (Å²) < 4.78 is 0. The summed E-state index contributed by atoms with van der Waals surface area (Å²) in [5.74, 6) is 0.639. The highest BCUT2D eigenvalue weighted by molar-refractivity contribution is 4.67. The van der Waals surface area contributed by atoms with E-state index >= 15 is 0 Å². The molecule has 0 rings (SSSR count). The summed E-state index contributed by atoms with van der Waals surface area (Å²) in [5.41, 5.74) is 0. The maximum atomic E-state index is 3.63. The van der Waals surface area contributed by atoms with Gasteiger partial charge in [-0.2, -0.15) is 0 Å². The van der Waals surface area contributed by atoms with Crippen molar-refractivity contribution in [1.82, 2.24) is 0 Å². The van der Waals surface area contributed by atoms with Crippen molar-refractivity contribution in [3.63, 3.8) is 0 Å². The molecule has 0 aliphatic heterocycles. The summed E-state index contributed by atoms with van der Waals surface area (Å²) in [4.78, 5) is 0. The SMILES string of the molecule is C=[C+]C(CC)CCC. The van der Waals surface area contributed by atoms with Gasteiger partial charge < -0.3 is 0 Å². The van der Waals surface area contributed by atoms with Crippen LogP contribution in [-0.4, -0.2) is 0 Å². The molecule has 0 saturated heterocycles. The monoisotopic (exact) mass is 111 g/mol. The Labute approximate surface area is 52.6 Å². The molecule has 0 saturated carbocycles. The molecule has 0 heterocycles. The lowest BCUT2D eigenvalue weighted by Crippen LogP contribution is -1.91. The first-order valence-corrected chi connectivity index (χ1v) is 3.37. The topological polar surface area (TPSA) is 0 Å². The lowest BCUT2D eigenvalue weighted by Gasteiger charge is -1.92. The number of hydrogen-bond acceptors (Lipinski definition) is 0. The van der Waals surface area contributed by atoms with Crippen molar-refractivity contribution in [2.75, 3.05) is 0 Å². The molecule has 1 unspecified atom stereocenters. The van der Waals surface area contributed by atoms with E-state index in [-0.39, 0.29) is 0 Å². The highest BCUT2D eigenvalue weighted by Crippen LogP contribution is 2.09. The minimum absolute atomic E-state index is 0.639. The Morgan fingerprint density at radius 3 is 2.25 bits per heavy atom. The van der Waals surface area contributed by atoms with Crippen molar-refractivity contribution in [2.24, 2.45) is 5.92 Å². The normalized spacial score (nSPS) is 12.8. The first kappa shape index (κ1) is 7.65. The van der Waals surface area contributed by atoms with Gasteiger partial charge in [0.15, 0.2) is 5.92 Å². The third-order valence-electron chi connectivity index (χ3n) is 1.42. The van der Waals surface area contributed by atoms with Crippen LogP contribution in [-0.2, 0) is 0 Å². The van der Waals surface area contributed by atoms with Gasteiger partial charge in [-0.25, -0.2) is 0 Å². The van der Waals surface area contributed by atoms with Crippen LogP contribution in [0.5, 0.6) is 0 Å². The van der Waals surface area contributed by atoms with Crippen molar-refractivity contribution in [3.8, 4) is 0 Å². The Balaban J connectivity index is 3.21. The van der Waals surface area contributed by atoms with Crippen LogP contribution in [0.2, 0.25) is 0 Å². The van der Waals surface area contributed by atoms with E-state index in [1.807, 2.05) is 0 Å². The van der Waals surface area contributed by atoms with Crippen molar-refractivity contribution in [3.05, 3.63) is 12.7 Å². The van der Waals surface area contributed by atoms with Crippen molar-refractivity contribution >= 4 is 0 Å². The van der Waals surface area contributed by atoms with Crippen LogP contribution in [0.3, 0.4) is 0 Å². The molecule has 0 aliphatic rings. The molecule has 0 aromatic heterocycles. The summed E-state index contributed by atoms with van der Waals surface area (Å²) in [6, 6.07) is 0. The van der Waals surface area contributed by atoms with Gasteiger partial charge >= 0.3 is 0 Å². The molecule has 0 amide bonds. The summed E-state index contributed by atoms with van der Waals surface area (Å²) in [7, 11) is 0.